The fraction of sp³-hybridized carbons (Fsp3) is 0.538. The highest BCUT2D eigenvalue weighted by atomic mass is 35.5. The quantitative estimate of drug-likeness (QED) is 0.809. The summed E-state index contributed by atoms with van der Waals surface area (Å²) >= 11 is 5.94. The number of hydrogen-bond acceptors (Lipinski definition) is 1. The highest BCUT2D eigenvalue weighted by Gasteiger charge is 2.10. The molecule has 0 aromatic heterocycles. The van der Waals surface area contributed by atoms with E-state index in [-0.39, 0.29) is 0 Å². The maximum Gasteiger partial charge on any atom is 0.0408 e. The van der Waals surface area contributed by atoms with Crippen molar-refractivity contribution in [3.63, 3.8) is 0 Å². The Kier molecular flexibility index (Phi) is 5.13. The predicted octanol–water partition coefficient (Wildman–Crippen LogP) is 3.52. The van der Waals surface area contributed by atoms with Gasteiger partial charge in [-0.15, -0.1) is 0 Å². The van der Waals surface area contributed by atoms with Crippen LogP contribution in [0.1, 0.15) is 25.8 Å². The van der Waals surface area contributed by atoms with E-state index >= 15 is 0 Å². The Balaban J connectivity index is 2.49. The van der Waals surface area contributed by atoms with Gasteiger partial charge in [-0.2, -0.15) is 0 Å². The molecule has 2 heteroatoms. The fourth-order valence-electron chi connectivity index (χ4n) is 1.83. The minimum atomic E-state index is 0.587. The summed E-state index contributed by atoms with van der Waals surface area (Å²) in [5, 5.41) is 4.18. The molecule has 0 aliphatic carbocycles. The largest absolute Gasteiger partial charge is 0.317 e. The summed E-state index contributed by atoms with van der Waals surface area (Å²) in [4.78, 5) is 0. The lowest BCUT2D eigenvalue weighted by atomic mass is 9.97. The van der Waals surface area contributed by atoms with Gasteiger partial charge in [0.1, 0.15) is 0 Å². The zero-order valence-electron chi connectivity index (χ0n) is 9.76. The first kappa shape index (κ1) is 12.5. The molecule has 1 N–H and O–H groups in total. The second kappa shape index (κ2) is 6.14. The van der Waals surface area contributed by atoms with E-state index in [0.29, 0.717) is 12.0 Å². The van der Waals surface area contributed by atoms with Crippen LogP contribution in [0.2, 0.25) is 5.02 Å². The molecule has 0 saturated carbocycles. The van der Waals surface area contributed by atoms with E-state index in [4.69, 9.17) is 11.6 Å². The standard InChI is InChI=1S/C13H20ClN/c1-10(2)13(15-3)8-7-11-5-4-6-12(14)9-11/h4-6,9-10,13,15H,7-8H2,1-3H3. The SMILES string of the molecule is CNC(CCc1cccc(Cl)c1)C(C)C. The molecule has 0 spiro atoms. The molecule has 15 heavy (non-hydrogen) atoms. The van der Waals surface area contributed by atoms with Gasteiger partial charge in [-0.3, -0.25) is 0 Å². The number of benzene rings is 1. The molecular formula is C13H20ClN. The first-order chi connectivity index (χ1) is 7.13. The molecule has 0 aliphatic heterocycles. The van der Waals surface area contributed by atoms with Crippen LogP contribution in [0.25, 0.3) is 0 Å². The van der Waals surface area contributed by atoms with Crippen LogP contribution in [0.5, 0.6) is 0 Å². The fourth-order valence-corrected chi connectivity index (χ4v) is 2.04. The summed E-state index contributed by atoms with van der Waals surface area (Å²) in [6, 6.07) is 8.71. The van der Waals surface area contributed by atoms with Crippen LogP contribution in [-0.4, -0.2) is 13.1 Å². The van der Waals surface area contributed by atoms with E-state index in [2.05, 4.69) is 31.3 Å². The Morgan fingerprint density at radius 1 is 1.33 bits per heavy atom. The molecule has 0 amide bonds. The predicted molar refractivity (Wildman–Crippen MR) is 67.5 cm³/mol. The molecule has 0 saturated heterocycles. The third kappa shape index (κ3) is 4.23. The molecule has 1 aromatic carbocycles. The average molecular weight is 226 g/mol. The van der Waals surface area contributed by atoms with Gasteiger partial charge in [0.05, 0.1) is 0 Å². The van der Waals surface area contributed by atoms with Crippen LogP contribution < -0.4 is 5.32 Å². The van der Waals surface area contributed by atoms with Crippen LogP contribution in [0.15, 0.2) is 24.3 Å². The van der Waals surface area contributed by atoms with Gasteiger partial charge in [0.2, 0.25) is 0 Å². The summed E-state index contributed by atoms with van der Waals surface area (Å²) in [6.07, 6.45) is 2.25. The van der Waals surface area contributed by atoms with Gasteiger partial charge in [0.15, 0.2) is 0 Å². The Bertz CT molecular complexity index is 296. The summed E-state index contributed by atoms with van der Waals surface area (Å²) in [5.41, 5.74) is 1.32. The summed E-state index contributed by atoms with van der Waals surface area (Å²) < 4.78 is 0. The molecule has 1 aromatic rings. The van der Waals surface area contributed by atoms with Crippen molar-refractivity contribution in [1.29, 1.82) is 0 Å². The van der Waals surface area contributed by atoms with Crippen molar-refractivity contribution in [3.05, 3.63) is 34.9 Å². The van der Waals surface area contributed by atoms with Crippen molar-refractivity contribution in [2.45, 2.75) is 32.7 Å². The van der Waals surface area contributed by atoms with Crippen LogP contribution in [0, 0.1) is 5.92 Å². The van der Waals surface area contributed by atoms with Crippen LogP contribution >= 0.6 is 11.6 Å². The van der Waals surface area contributed by atoms with Crippen LogP contribution in [0.3, 0.4) is 0 Å². The smallest absolute Gasteiger partial charge is 0.0408 e. The highest BCUT2D eigenvalue weighted by Crippen LogP contribution is 2.14. The number of aryl methyl sites for hydroxylation is 1. The number of nitrogens with one attached hydrogen (secondary N) is 1. The second-order valence-corrected chi connectivity index (χ2v) is 4.74. The van der Waals surface area contributed by atoms with Crippen molar-refractivity contribution in [2.24, 2.45) is 5.92 Å². The van der Waals surface area contributed by atoms with Gasteiger partial charge < -0.3 is 5.32 Å². The van der Waals surface area contributed by atoms with Crippen LogP contribution in [0.4, 0.5) is 0 Å². The number of hydrogen-bond donors (Lipinski definition) is 1. The normalized spacial score (nSPS) is 13.1. The molecule has 1 rings (SSSR count). The number of halogens is 1. The monoisotopic (exact) mass is 225 g/mol. The molecule has 0 radical (unpaired) electrons. The Hall–Kier alpha value is -0.530. The first-order valence-electron chi connectivity index (χ1n) is 5.55. The molecular weight excluding hydrogens is 206 g/mol. The minimum Gasteiger partial charge on any atom is -0.317 e. The lowest BCUT2D eigenvalue weighted by Crippen LogP contribution is -2.30. The molecule has 1 unspecified atom stereocenters. The Morgan fingerprint density at radius 2 is 2.07 bits per heavy atom. The number of rotatable bonds is 5. The Labute approximate surface area is 97.8 Å². The maximum absolute atomic E-state index is 5.94. The van der Waals surface area contributed by atoms with Gasteiger partial charge >= 0.3 is 0 Å². The summed E-state index contributed by atoms with van der Waals surface area (Å²) in [6.45, 7) is 4.50. The molecule has 0 heterocycles. The van der Waals surface area contributed by atoms with Crippen molar-refractivity contribution in [2.75, 3.05) is 7.05 Å². The van der Waals surface area contributed by atoms with Gasteiger partial charge in [0.25, 0.3) is 0 Å². The zero-order chi connectivity index (χ0) is 11.3. The average Bonchev–Trinajstić information content (AvgIpc) is 2.18. The van der Waals surface area contributed by atoms with E-state index in [0.717, 1.165) is 17.9 Å². The van der Waals surface area contributed by atoms with Crippen molar-refractivity contribution >= 4 is 11.6 Å². The van der Waals surface area contributed by atoms with Crippen molar-refractivity contribution < 1.29 is 0 Å². The van der Waals surface area contributed by atoms with E-state index in [9.17, 15) is 0 Å². The summed E-state index contributed by atoms with van der Waals surface area (Å²) in [5.74, 6) is 0.675. The first-order valence-corrected chi connectivity index (χ1v) is 5.93. The molecule has 0 fully saturated rings. The minimum absolute atomic E-state index is 0.587. The van der Waals surface area contributed by atoms with E-state index in [1.807, 2.05) is 19.2 Å². The topological polar surface area (TPSA) is 12.0 Å². The lowest BCUT2D eigenvalue weighted by Gasteiger charge is -2.19. The van der Waals surface area contributed by atoms with E-state index < -0.39 is 0 Å². The zero-order valence-corrected chi connectivity index (χ0v) is 10.5. The molecule has 1 nitrogen and oxygen atoms in total. The van der Waals surface area contributed by atoms with E-state index in [1.165, 1.54) is 5.56 Å². The van der Waals surface area contributed by atoms with Crippen molar-refractivity contribution in [3.8, 4) is 0 Å². The van der Waals surface area contributed by atoms with Gasteiger partial charge in [-0.1, -0.05) is 37.6 Å². The second-order valence-electron chi connectivity index (χ2n) is 4.31. The van der Waals surface area contributed by atoms with Gasteiger partial charge in [-0.05, 0) is 43.5 Å². The van der Waals surface area contributed by atoms with Crippen LogP contribution in [-0.2, 0) is 6.42 Å². The lowest BCUT2D eigenvalue weighted by molar-refractivity contribution is 0.403. The van der Waals surface area contributed by atoms with Crippen molar-refractivity contribution in [1.82, 2.24) is 5.32 Å². The molecule has 1 atom stereocenters. The molecule has 0 bridgehead atoms. The molecule has 84 valence electrons. The van der Waals surface area contributed by atoms with Gasteiger partial charge in [-0.25, -0.2) is 0 Å². The third-order valence-electron chi connectivity index (χ3n) is 2.81. The molecule has 0 aliphatic rings. The Morgan fingerprint density at radius 3 is 2.60 bits per heavy atom. The maximum atomic E-state index is 5.94. The highest BCUT2D eigenvalue weighted by molar-refractivity contribution is 6.30. The van der Waals surface area contributed by atoms with Gasteiger partial charge in [0, 0.05) is 11.1 Å². The van der Waals surface area contributed by atoms with E-state index in [1.54, 1.807) is 0 Å². The summed E-state index contributed by atoms with van der Waals surface area (Å²) in [7, 11) is 2.03. The third-order valence-corrected chi connectivity index (χ3v) is 3.04.